The zero-order chi connectivity index (χ0) is 15.5. The van der Waals surface area contributed by atoms with E-state index in [1.807, 2.05) is 0 Å². The molecule has 1 aliphatic heterocycles. The molecule has 1 fully saturated rings. The van der Waals surface area contributed by atoms with Crippen molar-refractivity contribution < 1.29 is 17.9 Å². The van der Waals surface area contributed by atoms with Gasteiger partial charge in [0.1, 0.15) is 6.10 Å². The van der Waals surface area contributed by atoms with Crippen molar-refractivity contribution in [2.75, 3.05) is 23.7 Å². The second kappa shape index (κ2) is 6.64. The van der Waals surface area contributed by atoms with Gasteiger partial charge in [-0.15, -0.1) is 0 Å². The molecule has 1 saturated heterocycles. The minimum atomic E-state index is -3.30. The van der Waals surface area contributed by atoms with Crippen LogP contribution in [-0.2, 0) is 14.8 Å². The van der Waals surface area contributed by atoms with Crippen molar-refractivity contribution in [2.24, 2.45) is 0 Å². The molecule has 0 aliphatic carbocycles. The van der Waals surface area contributed by atoms with Gasteiger partial charge in [-0.05, 0) is 30.7 Å². The van der Waals surface area contributed by atoms with Crippen LogP contribution in [-0.4, -0.2) is 39.5 Å². The van der Waals surface area contributed by atoms with E-state index in [9.17, 15) is 13.2 Å². The standard InChI is InChI=1S/C13H17ClN2O4S/c1-2-7-21(18,19)15-8-12-9-16(13(17)20-12)11-5-3-10(14)4-6-11/h3-6,12,15H,2,7-9H2,1H3. The van der Waals surface area contributed by atoms with Gasteiger partial charge in [0.15, 0.2) is 0 Å². The molecule has 1 aromatic rings. The maximum absolute atomic E-state index is 11.8. The van der Waals surface area contributed by atoms with Crippen molar-refractivity contribution >= 4 is 33.4 Å². The molecular formula is C13H17ClN2O4S. The average molecular weight is 333 g/mol. The number of rotatable bonds is 6. The smallest absolute Gasteiger partial charge is 0.414 e. The summed E-state index contributed by atoms with van der Waals surface area (Å²) in [7, 11) is -3.30. The van der Waals surface area contributed by atoms with E-state index in [-0.39, 0.29) is 12.3 Å². The van der Waals surface area contributed by atoms with Gasteiger partial charge < -0.3 is 4.74 Å². The largest absolute Gasteiger partial charge is 0.443 e. The Hall–Kier alpha value is -1.31. The molecule has 1 aliphatic rings. The molecule has 1 amide bonds. The molecule has 2 rings (SSSR count). The molecule has 116 valence electrons. The number of halogens is 1. The summed E-state index contributed by atoms with van der Waals surface area (Å²) in [5, 5.41) is 0.579. The Morgan fingerprint density at radius 1 is 1.38 bits per heavy atom. The van der Waals surface area contributed by atoms with Crippen LogP contribution in [0.4, 0.5) is 10.5 Å². The van der Waals surface area contributed by atoms with Gasteiger partial charge in [-0.1, -0.05) is 18.5 Å². The first-order chi connectivity index (χ1) is 9.91. The fourth-order valence-electron chi connectivity index (χ4n) is 2.02. The molecule has 6 nitrogen and oxygen atoms in total. The minimum Gasteiger partial charge on any atom is -0.443 e. The highest BCUT2D eigenvalue weighted by Crippen LogP contribution is 2.23. The highest BCUT2D eigenvalue weighted by Gasteiger charge is 2.32. The Morgan fingerprint density at radius 2 is 2.05 bits per heavy atom. The number of cyclic esters (lactones) is 1. The third-order valence-electron chi connectivity index (χ3n) is 3.02. The van der Waals surface area contributed by atoms with Crippen LogP contribution in [0.15, 0.2) is 24.3 Å². The van der Waals surface area contributed by atoms with Crippen LogP contribution in [0.3, 0.4) is 0 Å². The number of nitrogens with zero attached hydrogens (tertiary/aromatic N) is 1. The van der Waals surface area contributed by atoms with E-state index in [1.165, 1.54) is 4.90 Å². The number of sulfonamides is 1. The lowest BCUT2D eigenvalue weighted by atomic mass is 10.3. The maximum Gasteiger partial charge on any atom is 0.414 e. The number of nitrogens with one attached hydrogen (secondary N) is 1. The lowest BCUT2D eigenvalue weighted by Gasteiger charge is -2.13. The summed E-state index contributed by atoms with van der Waals surface area (Å²) in [5.41, 5.74) is 0.670. The van der Waals surface area contributed by atoms with Crippen molar-refractivity contribution in [2.45, 2.75) is 19.4 Å². The van der Waals surface area contributed by atoms with Crippen LogP contribution in [0.1, 0.15) is 13.3 Å². The summed E-state index contributed by atoms with van der Waals surface area (Å²) >= 11 is 5.80. The van der Waals surface area contributed by atoms with Gasteiger partial charge in [0.25, 0.3) is 0 Å². The summed E-state index contributed by atoms with van der Waals surface area (Å²) in [6, 6.07) is 6.80. The Labute approximate surface area is 129 Å². The number of hydrogen-bond donors (Lipinski definition) is 1. The maximum atomic E-state index is 11.8. The number of ether oxygens (including phenoxy) is 1. The summed E-state index contributed by atoms with van der Waals surface area (Å²) < 4.78 is 30.8. The molecule has 1 heterocycles. The van der Waals surface area contributed by atoms with E-state index in [0.717, 1.165) is 0 Å². The van der Waals surface area contributed by atoms with Gasteiger partial charge in [0, 0.05) is 17.3 Å². The predicted octanol–water partition coefficient (Wildman–Crippen LogP) is 1.99. The molecular weight excluding hydrogens is 316 g/mol. The summed E-state index contributed by atoms with van der Waals surface area (Å²) in [4.78, 5) is 13.3. The molecule has 21 heavy (non-hydrogen) atoms. The van der Waals surface area contributed by atoms with Gasteiger partial charge in [-0.2, -0.15) is 0 Å². The molecule has 0 saturated carbocycles. The van der Waals surface area contributed by atoms with E-state index >= 15 is 0 Å². The quantitative estimate of drug-likeness (QED) is 0.864. The Bertz CT molecular complexity index is 603. The number of benzene rings is 1. The van der Waals surface area contributed by atoms with Crippen molar-refractivity contribution in [3.63, 3.8) is 0 Å². The molecule has 1 N–H and O–H groups in total. The van der Waals surface area contributed by atoms with Crippen LogP contribution in [0.2, 0.25) is 5.02 Å². The molecule has 0 spiro atoms. The molecule has 1 unspecified atom stereocenters. The second-order valence-corrected chi connectivity index (χ2v) is 7.12. The van der Waals surface area contributed by atoms with Crippen molar-refractivity contribution in [1.29, 1.82) is 0 Å². The molecule has 0 aromatic heterocycles. The number of anilines is 1. The van der Waals surface area contributed by atoms with Crippen LogP contribution >= 0.6 is 11.6 Å². The first-order valence-electron chi connectivity index (χ1n) is 6.62. The van der Waals surface area contributed by atoms with Gasteiger partial charge in [-0.25, -0.2) is 17.9 Å². The topological polar surface area (TPSA) is 75.7 Å². The minimum absolute atomic E-state index is 0.0641. The van der Waals surface area contributed by atoms with Crippen LogP contribution in [0, 0.1) is 0 Å². The molecule has 8 heteroatoms. The SMILES string of the molecule is CCCS(=O)(=O)NCC1CN(c2ccc(Cl)cc2)C(=O)O1. The number of hydrogen-bond acceptors (Lipinski definition) is 4. The third-order valence-corrected chi connectivity index (χ3v) is 4.82. The van der Waals surface area contributed by atoms with Gasteiger partial charge in [0.05, 0.1) is 12.3 Å². The number of carbonyl (C=O) groups excluding carboxylic acids is 1. The van der Waals surface area contributed by atoms with E-state index in [0.29, 0.717) is 23.7 Å². The summed E-state index contributed by atoms with van der Waals surface area (Å²) in [6.45, 7) is 2.17. The van der Waals surface area contributed by atoms with Gasteiger partial charge in [-0.3, -0.25) is 4.90 Å². The van der Waals surface area contributed by atoms with Crippen LogP contribution < -0.4 is 9.62 Å². The Kier molecular flexibility index (Phi) is 5.08. The molecule has 1 atom stereocenters. The van der Waals surface area contributed by atoms with E-state index in [1.54, 1.807) is 31.2 Å². The van der Waals surface area contributed by atoms with Crippen LogP contribution in [0.5, 0.6) is 0 Å². The third kappa shape index (κ3) is 4.33. The van der Waals surface area contributed by atoms with Gasteiger partial charge in [0.2, 0.25) is 10.0 Å². The van der Waals surface area contributed by atoms with Crippen LogP contribution in [0.25, 0.3) is 0 Å². The predicted molar refractivity (Wildman–Crippen MR) is 81.1 cm³/mol. The monoisotopic (exact) mass is 332 g/mol. The Morgan fingerprint density at radius 3 is 2.67 bits per heavy atom. The highest BCUT2D eigenvalue weighted by molar-refractivity contribution is 7.89. The zero-order valence-electron chi connectivity index (χ0n) is 11.6. The van der Waals surface area contributed by atoms with Crippen molar-refractivity contribution in [3.8, 4) is 0 Å². The van der Waals surface area contributed by atoms with E-state index in [4.69, 9.17) is 16.3 Å². The fourth-order valence-corrected chi connectivity index (χ4v) is 3.27. The molecule has 1 aromatic carbocycles. The van der Waals surface area contributed by atoms with E-state index < -0.39 is 22.2 Å². The van der Waals surface area contributed by atoms with E-state index in [2.05, 4.69) is 4.72 Å². The lowest BCUT2D eigenvalue weighted by Crippen LogP contribution is -2.35. The normalized spacial score (nSPS) is 18.9. The average Bonchev–Trinajstić information content (AvgIpc) is 2.79. The first kappa shape index (κ1) is 16.1. The molecule has 0 radical (unpaired) electrons. The summed E-state index contributed by atoms with van der Waals surface area (Å²) in [5.74, 6) is 0.0641. The molecule has 0 bridgehead atoms. The highest BCUT2D eigenvalue weighted by atomic mass is 35.5. The fraction of sp³-hybridized carbons (Fsp3) is 0.462. The zero-order valence-corrected chi connectivity index (χ0v) is 13.2. The Balaban J connectivity index is 1.95. The number of carbonyl (C=O) groups is 1. The van der Waals surface area contributed by atoms with Gasteiger partial charge >= 0.3 is 6.09 Å². The number of amides is 1. The van der Waals surface area contributed by atoms with Crippen molar-refractivity contribution in [1.82, 2.24) is 4.72 Å². The first-order valence-corrected chi connectivity index (χ1v) is 8.65. The lowest BCUT2D eigenvalue weighted by molar-refractivity contribution is 0.143. The second-order valence-electron chi connectivity index (χ2n) is 4.76. The summed E-state index contributed by atoms with van der Waals surface area (Å²) in [6.07, 6.45) is -0.451. The van der Waals surface area contributed by atoms with Crippen molar-refractivity contribution in [3.05, 3.63) is 29.3 Å².